The summed E-state index contributed by atoms with van der Waals surface area (Å²) in [7, 11) is 1.79. The summed E-state index contributed by atoms with van der Waals surface area (Å²) in [6.45, 7) is 1.86. The number of nitrogens with one attached hydrogen (secondary N) is 1. The van der Waals surface area contributed by atoms with Gasteiger partial charge in [0.2, 0.25) is 0 Å². The van der Waals surface area contributed by atoms with Gasteiger partial charge in [-0.3, -0.25) is 11.3 Å². The van der Waals surface area contributed by atoms with Gasteiger partial charge < -0.3 is 4.74 Å². The molecule has 0 amide bonds. The molecule has 1 rings (SSSR count). The van der Waals surface area contributed by atoms with Crippen LogP contribution in [-0.2, 0) is 4.74 Å². The third kappa shape index (κ3) is 2.94. The van der Waals surface area contributed by atoms with Crippen LogP contribution in [0.2, 0.25) is 0 Å². The zero-order valence-corrected chi connectivity index (χ0v) is 9.81. The lowest BCUT2D eigenvalue weighted by Gasteiger charge is -2.41. The van der Waals surface area contributed by atoms with Gasteiger partial charge in [-0.1, -0.05) is 19.3 Å². The van der Waals surface area contributed by atoms with Gasteiger partial charge in [-0.2, -0.15) is 0 Å². The number of ether oxygens (including phenoxy) is 1. The first-order chi connectivity index (χ1) is 7.29. The Labute approximate surface area is 92.7 Å². The van der Waals surface area contributed by atoms with Crippen LogP contribution in [0.4, 0.5) is 0 Å². The first-order valence-electron chi connectivity index (χ1n) is 5.70. The van der Waals surface area contributed by atoms with Crippen molar-refractivity contribution in [2.24, 2.45) is 5.84 Å². The molecule has 3 nitrogen and oxygen atoms in total. The average Bonchev–Trinajstić information content (AvgIpc) is 2.31. The first-order valence-corrected chi connectivity index (χ1v) is 5.70. The summed E-state index contributed by atoms with van der Waals surface area (Å²) in [6, 6.07) is 0.148. The molecule has 0 heterocycles. The van der Waals surface area contributed by atoms with E-state index in [-0.39, 0.29) is 11.6 Å². The average molecular weight is 210 g/mol. The molecule has 0 aliphatic heterocycles. The van der Waals surface area contributed by atoms with Gasteiger partial charge in [-0.05, 0) is 19.8 Å². The molecule has 1 fully saturated rings. The predicted octanol–water partition coefficient (Wildman–Crippen LogP) is 1.58. The summed E-state index contributed by atoms with van der Waals surface area (Å²) in [5.74, 6) is 11.6. The summed E-state index contributed by atoms with van der Waals surface area (Å²) in [5, 5.41) is 0. The van der Waals surface area contributed by atoms with Crippen LogP contribution >= 0.6 is 0 Å². The van der Waals surface area contributed by atoms with E-state index < -0.39 is 0 Å². The second-order valence-electron chi connectivity index (χ2n) is 4.18. The van der Waals surface area contributed by atoms with Crippen LogP contribution in [0.5, 0.6) is 0 Å². The van der Waals surface area contributed by atoms with Crippen LogP contribution in [-0.4, -0.2) is 18.8 Å². The van der Waals surface area contributed by atoms with E-state index >= 15 is 0 Å². The highest BCUT2D eigenvalue weighted by molar-refractivity contribution is 5.04. The van der Waals surface area contributed by atoms with Crippen molar-refractivity contribution in [2.75, 3.05) is 7.11 Å². The maximum atomic E-state index is 5.72. The second kappa shape index (κ2) is 6.12. The highest BCUT2D eigenvalue weighted by Gasteiger charge is 2.39. The molecule has 0 saturated heterocycles. The van der Waals surface area contributed by atoms with Crippen molar-refractivity contribution >= 4 is 0 Å². The van der Waals surface area contributed by atoms with E-state index in [9.17, 15) is 0 Å². The van der Waals surface area contributed by atoms with Gasteiger partial charge in [0.25, 0.3) is 0 Å². The van der Waals surface area contributed by atoms with Crippen molar-refractivity contribution in [1.29, 1.82) is 0 Å². The molecule has 1 aliphatic carbocycles. The Hall–Kier alpha value is -0.560. The molecular weight excluding hydrogens is 188 g/mol. The largest absolute Gasteiger partial charge is 0.377 e. The van der Waals surface area contributed by atoms with Crippen molar-refractivity contribution in [3.8, 4) is 11.8 Å². The minimum Gasteiger partial charge on any atom is -0.377 e. The minimum atomic E-state index is -0.100. The zero-order chi connectivity index (χ0) is 11.1. The van der Waals surface area contributed by atoms with Gasteiger partial charge in [0.05, 0.1) is 11.6 Å². The fourth-order valence-electron chi connectivity index (χ4n) is 2.45. The standard InChI is InChI=1S/C12H22N2O/c1-3-4-8-11(14-13)12(15-2)9-6-5-7-10-12/h11,14H,5-10,13H2,1-2H3. The normalized spacial score (nSPS) is 21.5. The third-order valence-corrected chi connectivity index (χ3v) is 3.43. The van der Waals surface area contributed by atoms with Crippen LogP contribution in [0, 0.1) is 11.8 Å². The fourth-order valence-corrected chi connectivity index (χ4v) is 2.45. The number of rotatable bonds is 4. The Bertz CT molecular complexity index is 236. The molecule has 3 N–H and O–H groups in total. The van der Waals surface area contributed by atoms with E-state index in [1.807, 2.05) is 6.92 Å². The Morgan fingerprint density at radius 2 is 2.07 bits per heavy atom. The van der Waals surface area contributed by atoms with E-state index in [4.69, 9.17) is 10.6 Å². The summed E-state index contributed by atoms with van der Waals surface area (Å²) in [6.07, 6.45) is 6.70. The quantitative estimate of drug-likeness (QED) is 0.421. The van der Waals surface area contributed by atoms with Crippen LogP contribution in [0.3, 0.4) is 0 Å². The fraction of sp³-hybridized carbons (Fsp3) is 0.833. The Kier molecular flexibility index (Phi) is 5.10. The van der Waals surface area contributed by atoms with Crippen molar-refractivity contribution in [3.63, 3.8) is 0 Å². The van der Waals surface area contributed by atoms with Crippen molar-refractivity contribution in [2.45, 2.75) is 57.1 Å². The highest BCUT2D eigenvalue weighted by Crippen LogP contribution is 2.34. The van der Waals surface area contributed by atoms with E-state index in [0.29, 0.717) is 0 Å². The van der Waals surface area contributed by atoms with E-state index in [0.717, 1.165) is 19.3 Å². The lowest BCUT2D eigenvalue weighted by atomic mass is 9.78. The van der Waals surface area contributed by atoms with Gasteiger partial charge in [0.1, 0.15) is 0 Å². The number of nitrogens with two attached hydrogens (primary N) is 1. The molecule has 0 aromatic carbocycles. The smallest absolute Gasteiger partial charge is 0.0853 e. The van der Waals surface area contributed by atoms with Gasteiger partial charge in [-0.15, -0.1) is 11.8 Å². The molecule has 0 spiro atoms. The van der Waals surface area contributed by atoms with E-state index in [1.54, 1.807) is 7.11 Å². The Morgan fingerprint density at radius 3 is 2.53 bits per heavy atom. The van der Waals surface area contributed by atoms with E-state index in [1.165, 1.54) is 19.3 Å². The monoisotopic (exact) mass is 210 g/mol. The van der Waals surface area contributed by atoms with Crippen LogP contribution in [0.15, 0.2) is 0 Å². The zero-order valence-electron chi connectivity index (χ0n) is 9.81. The SMILES string of the molecule is CC#CCC(NN)C1(OC)CCCCC1. The number of hydrazine groups is 1. The number of hydrogen-bond donors (Lipinski definition) is 2. The first kappa shape index (κ1) is 12.5. The molecule has 86 valence electrons. The molecule has 1 saturated carbocycles. The Morgan fingerprint density at radius 1 is 1.40 bits per heavy atom. The van der Waals surface area contributed by atoms with Gasteiger partial charge >= 0.3 is 0 Å². The molecule has 0 aromatic heterocycles. The molecule has 1 unspecified atom stereocenters. The Balaban J connectivity index is 2.69. The molecule has 0 aromatic rings. The van der Waals surface area contributed by atoms with E-state index in [2.05, 4.69) is 17.3 Å². The van der Waals surface area contributed by atoms with Crippen LogP contribution in [0.1, 0.15) is 45.4 Å². The molecular formula is C12H22N2O. The van der Waals surface area contributed by atoms with Crippen molar-refractivity contribution in [3.05, 3.63) is 0 Å². The molecule has 3 heteroatoms. The summed E-state index contributed by atoms with van der Waals surface area (Å²) >= 11 is 0. The molecule has 1 aliphatic rings. The molecule has 15 heavy (non-hydrogen) atoms. The number of hydrogen-bond acceptors (Lipinski definition) is 3. The van der Waals surface area contributed by atoms with Crippen molar-refractivity contribution < 1.29 is 4.74 Å². The molecule has 1 atom stereocenters. The predicted molar refractivity (Wildman–Crippen MR) is 62.0 cm³/mol. The maximum absolute atomic E-state index is 5.72. The molecule has 0 bridgehead atoms. The minimum absolute atomic E-state index is 0.100. The maximum Gasteiger partial charge on any atom is 0.0853 e. The van der Waals surface area contributed by atoms with Gasteiger partial charge in [0.15, 0.2) is 0 Å². The lowest BCUT2D eigenvalue weighted by Crippen LogP contribution is -2.55. The topological polar surface area (TPSA) is 47.3 Å². The summed E-state index contributed by atoms with van der Waals surface area (Å²) < 4.78 is 5.72. The van der Waals surface area contributed by atoms with Crippen LogP contribution in [0.25, 0.3) is 0 Å². The second-order valence-corrected chi connectivity index (χ2v) is 4.18. The van der Waals surface area contributed by atoms with Crippen molar-refractivity contribution in [1.82, 2.24) is 5.43 Å². The van der Waals surface area contributed by atoms with Crippen LogP contribution < -0.4 is 11.3 Å². The summed E-state index contributed by atoms with van der Waals surface area (Å²) in [5.41, 5.74) is 2.77. The highest BCUT2D eigenvalue weighted by atomic mass is 16.5. The molecule has 0 radical (unpaired) electrons. The third-order valence-electron chi connectivity index (χ3n) is 3.43. The number of methoxy groups -OCH3 is 1. The lowest BCUT2D eigenvalue weighted by molar-refractivity contribution is -0.0662. The van der Waals surface area contributed by atoms with Gasteiger partial charge in [0, 0.05) is 13.5 Å². The summed E-state index contributed by atoms with van der Waals surface area (Å²) in [4.78, 5) is 0. The van der Waals surface area contributed by atoms with Gasteiger partial charge in [-0.25, -0.2) is 0 Å².